The number of carbonyl (C=O) groups is 1. The highest BCUT2D eigenvalue weighted by Crippen LogP contribution is 2.18. The first kappa shape index (κ1) is 16.1. The van der Waals surface area contributed by atoms with E-state index in [1.807, 2.05) is 24.3 Å². The summed E-state index contributed by atoms with van der Waals surface area (Å²) in [5.41, 5.74) is 0.699. The number of furan rings is 1. The van der Waals surface area contributed by atoms with Gasteiger partial charge in [-0.25, -0.2) is 0 Å². The van der Waals surface area contributed by atoms with Gasteiger partial charge in [0.1, 0.15) is 5.75 Å². The van der Waals surface area contributed by atoms with Crippen molar-refractivity contribution in [2.45, 2.75) is 39.0 Å². The molecular formula is C18H23NO3. The Bertz CT molecular complexity index is 563. The van der Waals surface area contributed by atoms with Crippen molar-refractivity contribution in [1.82, 2.24) is 0 Å². The number of anilines is 1. The monoisotopic (exact) mass is 301 g/mol. The Labute approximate surface area is 131 Å². The van der Waals surface area contributed by atoms with E-state index in [0.29, 0.717) is 18.1 Å². The van der Waals surface area contributed by atoms with E-state index in [1.54, 1.807) is 12.1 Å². The lowest BCUT2D eigenvalue weighted by Gasteiger charge is -2.08. The number of ether oxygens (including phenoxy) is 1. The summed E-state index contributed by atoms with van der Waals surface area (Å²) in [5, 5.41) is 2.79. The largest absolute Gasteiger partial charge is 0.494 e. The number of carbonyl (C=O) groups excluding carboxylic acids is 1. The molecule has 4 nitrogen and oxygen atoms in total. The molecule has 0 unspecified atom stereocenters. The molecule has 0 aliphatic rings. The van der Waals surface area contributed by atoms with Crippen LogP contribution in [0.1, 0.15) is 49.6 Å². The van der Waals surface area contributed by atoms with Crippen LogP contribution in [-0.2, 0) is 0 Å². The summed E-state index contributed by atoms with van der Waals surface area (Å²) in [5.74, 6) is 0.802. The molecule has 118 valence electrons. The van der Waals surface area contributed by atoms with Crippen molar-refractivity contribution < 1.29 is 13.9 Å². The van der Waals surface area contributed by atoms with Crippen molar-refractivity contribution >= 4 is 11.6 Å². The summed E-state index contributed by atoms with van der Waals surface area (Å²) in [7, 11) is 0. The van der Waals surface area contributed by atoms with E-state index in [-0.39, 0.29) is 5.91 Å². The second kappa shape index (κ2) is 8.93. The normalized spacial score (nSPS) is 10.4. The van der Waals surface area contributed by atoms with Crippen molar-refractivity contribution in [3.05, 3.63) is 48.4 Å². The van der Waals surface area contributed by atoms with Crippen LogP contribution in [-0.4, -0.2) is 12.5 Å². The minimum Gasteiger partial charge on any atom is -0.494 e. The van der Waals surface area contributed by atoms with Gasteiger partial charge in [-0.15, -0.1) is 0 Å². The minimum atomic E-state index is -0.262. The summed E-state index contributed by atoms with van der Waals surface area (Å²) in [6.45, 7) is 2.91. The van der Waals surface area contributed by atoms with Gasteiger partial charge < -0.3 is 14.5 Å². The maximum Gasteiger partial charge on any atom is 0.291 e. The van der Waals surface area contributed by atoms with Crippen LogP contribution in [0, 0.1) is 0 Å². The van der Waals surface area contributed by atoms with Gasteiger partial charge in [-0.3, -0.25) is 4.79 Å². The third-order valence-electron chi connectivity index (χ3n) is 3.35. The van der Waals surface area contributed by atoms with E-state index >= 15 is 0 Å². The number of hydrogen-bond donors (Lipinski definition) is 1. The first-order chi connectivity index (χ1) is 10.8. The molecule has 0 saturated carbocycles. The van der Waals surface area contributed by atoms with E-state index in [1.165, 1.54) is 31.9 Å². The zero-order valence-corrected chi connectivity index (χ0v) is 13.0. The van der Waals surface area contributed by atoms with Crippen LogP contribution >= 0.6 is 0 Å². The third kappa shape index (κ3) is 5.28. The van der Waals surface area contributed by atoms with Gasteiger partial charge in [0.25, 0.3) is 5.91 Å². The molecule has 0 spiro atoms. The Kier molecular flexibility index (Phi) is 6.55. The molecule has 1 aromatic heterocycles. The van der Waals surface area contributed by atoms with Crippen molar-refractivity contribution in [1.29, 1.82) is 0 Å². The summed E-state index contributed by atoms with van der Waals surface area (Å²) in [6, 6.07) is 10.7. The number of hydrogen-bond acceptors (Lipinski definition) is 3. The molecule has 0 atom stereocenters. The molecule has 1 N–H and O–H groups in total. The zero-order valence-electron chi connectivity index (χ0n) is 13.0. The van der Waals surface area contributed by atoms with Gasteiger partial charge in [0.15, 0.2) is 5.76 Å². The van der Waals surface area contributed by atoms with E-state index in [2.05, 4.69) is 12.2 Å². The van der Waals surface area contributed by atoms with Crippen molar-refractivity contribution in [2.24, 2.45) is 0 Å². The SMILES string of the molecule is CCCCCCCOc1cccc(NC(=O)c2ccco2)c1. The maximum absolute atomic E-state index is 11.9. The van der Waals surface area contributed by atoms with Crippen LogP contribution in [0.4, 0.5) is 5.69 Å². The Morgan fingerprint density at radius 2 is 2.00 bits per heavy atom. The van der Waals surface area contributed by atoms with E-state index < -0.39 is 0 Å². The van der Waals surface area contributed by atoms with Gasteiger partial charge in [0.05, 0.1) is 12.9 Å². The first-order valence-electron chi connectivity index (χ1n) is 7.87. The zero-order chi connectivity index (χ0) is 15.6. The lowest BCUT2D eigenvalue weighted by Crippen LogP contribution is -2.10. The number of unbranched alkanes of at least 4 members (excludes halogenated alkanes) is 4. The van der Waals surface area contributed by atoms with Crippen LogP contribution < -0.4 is 10.1 Å². The average molecular weight is 301 g/mol. The molecule has 1 aromatic carbocycles. The molecule has 1 amide bonds. The molecule has 0 radical (unpaired) electrons. The van der Waals surface area contributed by atoms with E-state index in [4.69, 9.17) is 9.15 Å². The van der Waals surface area contributed by atoms with Crippen molar-refractivity contribution in [2.75, 3.05) is 11.9 Å². The highest BCUT2D eigenvalue weighted by molar-refractivity contribution is 6.02. The highest BCUT2D eigenvalue weighted by Gasteiger charge is 2.08. The van der Waals surface area contributed by atoms with Gasteiger partial charge in [0, 0.05) is 11.8 Å². The Morgan fingerprint density at radius 1 is 1.14 bits per heavy atom. The quantitative estimate of drug-likeness (QED) is 0.671. The molecule has 2 rings (SSSR count). The molecule has 0 saturated heterocycles. The van der Waals surface area contributed by atoms with Crippen LogP contribution in [0.2, 0.25) is 0 Å². The molecule has 4 heteroatoms. The molecule has 0 bridgehead atoms. The predicted molar refractivity (Wildman–Crippen MR) is 87.4 cm³/mol. The van der Waals surface area contributed by atoms with Crippen LogP contribution in [0.5, 0.6) is 5.75 Å². The summed E-state index contributed by atoms with van der Waals surface area (Å²) in [4.78, 5) is 11.9. The second-order valence-corrected chi connectivity index (χ2v) is 5.22. The van der Waals surface area contributed by atoms with E-state index in [9.17, 15) is 4.79 Å². The van der Waals surface area contributed by atoms with E-state index in [0.717, 1.165) is 12.2 Å². The minimum absolute atomic E-state index is 0.262. The number of amides is 1. The first-order valence-corrected chi connectivity index (χ1v) is 7.87. The van der Waals surface area contributed by atoms with Crippen LogP contribution in [0.15, 0.2) is 47.1 Å². The van der Waals surface area contributed by atoms with Gasteiger partial charge in [0.2, 0.25) is 0 Å². The number of nitrogens with one attached hydrogen (secondary N) is 1. The lowest BCUT2D eigenvalue weighted by atomic mass is 10.2. The fraction of sp³-hybridized carbons (Fsp3) is 0.389. The summed E-state index contributed by atoms with van der Waals surface area (Å²) >= 11 is 0. The standard InChI is InChI=1S/C18H23NO3/c1-2-3-4-5-6-12-21-16-10-7-9-15(14-16)19-18(20)17-11-8-13-22-17/h7-11,13-14H,2-6,12H2,1H3,(H,19,20). The molecule has 1 heterocycles. The summed E-state index contributed by atoms with van der Waals surface area (Å²) < 4.78 is 10.8. The number of rotatable bonds is 9. The lowest BCUT2D eigenvalue weighted by molar-refractivity contribution is 0.0996. The topological polar surface area (TPSA) is 51.5 Å². The smallest absolute Gasteiger partial charge is 0.291 e. The molecule has 2 aromatic rings. The van der Waals surface area contributed by atoms with Gasteiger partial charge >= 0.3 is 0 Å². The molecule has 0 aliphatic heterocycles. The van der Waals surface area contributed by atoms with Crippen molar-refractivity contribution in [3.63, 3.8) is 0 Å². The average Bonchev–Trinajstić information content (AvgIpc) is 3.06. The van der Waals surface area contributed by atoms with Crippen molar-refractivity contribution in [3.8, 4) is 5.75 Å². The maximum atomic E-state index is 11.9. The van der Waals surface area contributed by atoms with Crippen LogP contribution in [0.3, 0.4) is 0 Å². The Hall–Kier alpha value is -2.23. The Morgan fingerprint density at radius 3 is 2.77 bits per heavy atom. The van der Waals surface area contributed by atoms with Gasteiger partial charge in [-0.1, -0.05) is 38.7 Å². The third-order valence-corrected chi connectivity index (χ3v) is 3.35. The number of benzene rings is 1. The fourth-order valence-electron chi connectivity index (χ4n) is 2.16. The van der Waals surface area contributed by atoms with Gasteiger partial charge in [-0.05, 0) is 30.7 Å². The fourth-order valence-corrected chi connectivity index (χ4v) is 2.16. The highest BCUT2D eigenvalue weighted by atomic mass is 16.5. The van der Waals surface area contributed by atoms with Gasteiger partial charge in [-0.2, -0.15) is 0 Å². The summed E-state index contributed by atoms with van der Waals surface area (Å²) in [6.07, 6.45) is 7.53. The molecule has 22 heavy (non-hydrogen) atoms. The molecule has 0 fully saturated rings. The Balaban J connectivity index is 1.78. The second-order valence-electron chi connectivity index (χ2n) is 5.22. The van der Waals surface area contributed by atoms with Crippen LogP contribution in [0.25, 0.3) is 0 Å². The predicted octanol–water partition coefficient (Wildman–Crippen LogP) is 4.88. The molecular weight excluding hydrogens is 278 g/mol. The molecule has 0 aliphatic carbocycles.